The first-order valence-electron chi connectivity index (χ1n) is 11.9. The van der Waals surface area contributed by atoms with Crippen molar-refractivity contribution >= 4 is 28.2 Å². The maximum Gasteiger partial charge on any atom is 0.236 e. The van der Waals surface area contributed by atoms with Crippen LogP contribution < -0.4 is 4.90 Å². The summed E-state index contributed by atoms with van der Waals surface area (Å²) in [5.74, 6) is -1.05. The highest BCUT2D eigenvalue weighted by Gasteiger charge is 2.29. The molecule has 0 aliphatic carbocycles. The molecular formula is C26H29F2N5O3. The van der Waals surface area contributed by atoms with Crippen LogP contribution in [0.15, 0.2) is 30.5 Å². The Bertz CT molecular complexity index is 1360. The number of hydrogen-bond donors (Lipinski definition) is 3. The molecule has 5 rings (SSSR count). The molecule has 0 spiro atoms. The van der Waals surface area contributed by atoms with E-state index in [1.807, 2.05) is 16.8 Å². The molecule has 8 nitrogen and oxygen atoms in total. The van der Waals surface area contributed by atoms with E-state index in [1.54, 1.807) is 13.1 Å². The first-order valence-corrected chi connectivity index (χ1v) is 11.9. The van der Waals surface area contributed by atoms with Crippen LogP contribution in [-0.2, 0) is 11.3 Å². The molecule has 1 unspecified atom stereocenters. The summed E-state index contributed by atoms with van der Waals surface area (Å²) < 4.78 is 29.3. The molecule has 0 bridgehead atoms. The minimum atomic E-state index is -0.959. The van der Waals surface area contributed by atoms with Crippen molar-refractivity contribution in [3.05, 3.63) is 53.4 Å². The van der Waals surface area contributed by atoms with E-state index < -0.39 is 24.3 Å². The van der Waals surface area contributed by atoms with Crippen LogP contribution in [0.25, 0.3) is 27.7 Å². The number of aliphatic hydroxyl groups is 2. The number of amides is 1. The fourth-order valence-corrected chi connectivity index (χ4v) is 5.12. The van der Waals surface area contributed by atoms with Gasteiger partial charge in [0.05, 0.1) is 25.5 Å². The Morgan fingerprint density at radius 1 is 1.33 bits per heavy atom. The van der Waals surface area contributed by atoms with Crippen molar-refractivity contribution in [3.8, 4) is 11.1 Å². The molecule has 1 amide bonds. The molecule has 2 aliphatic rings. The number of hydrogen-bond acceptors (Lipinski definition) is 6. The normalized spacial score (nSPS) is 16.5. The van der Waals surface area contributed by atoms with E-state index in [0.717, 1.165) is 22.5 Å². The molecule has 1 atom stereocenters. The number of rotatable bonds is 6. The summed E-state index contributed by atoms with van der Waals surface area (Å²) >= 11 is 0. The van der Waals surface area contributed by atoms with E-state index in [4.69, 9.17) is 5.11 Å². The van der Waals surface area contributed by atoms with Crippen LogP contribution in [0.3, 0.4) is 0 Å². The second kappa shape index (κ2) is 9.61. The van der Waals surface area contributed by atoms with Crippen LogP contribution in [0.1, 0.15) is 17.7 Å². The molecule has 0 radical (unpaired) electrons. The van der Waals surface area contributed by atoms with Gasteiger partial charge in [0, 0.05) is 73.7 Å². The van der Waals surface area contributed by atoms with Gasteiger partial charge in [0.25, 0.3) is 0 Å². The predicted octanol–water partition coefficient (Wildman–Crippen LogP) is 2.36. The first-order chi connectivity index (χ1) is 17.3. The van der Waals surface area contributed by atoms with Gasteiger partial charge in [-0.15, -0.1) is 0 Å². The molecule has 1 aromatic carbocycles. The standard InChI is InChI=1S/C26H29F2N5O3/c1-31-12-19-24-23(18-9-16(27)3-4-21(18)31)20(28)10-29-26(24)30-25(19)15-5-7-33(8-6-15)13-22(36)32(2)11-17(35)14-34/h3-5,9-10,17,34-35H,6-8,11-14H2,1-2H3,(H,29,30). The van der Waals surface area contributed by atoms with Crippen molar-refractivity contribution in [1.82, 2.24) is 19.8 Å². The average Bonchev–Trinajstić information content (AvgIpc) is 3.15. The molecule has 0 fully saturated rings. The number of nitrogens with zero attached hydrogens (tertiary/aromatic N) is 4. The molecule has 4 heterocycles. The second-order valence-corrected chi connectivity index (χ2v) is 9.53. The summed E-state index contributed by atoms with van der Waals surface area (Å²) in [5.41, 5.74) is 5.04. The van der Waals surface area contributed by atoms with E-state index in [0.29, 0.717) is 48.2 Å². The van der Waals surface area contributed by atoms with Crippen molar-refractivity contribution in [2.75, 3.05) is 51.8 Å². The van der Waals surface area contributed by atoms with Crippen molar-refractivity contribution in [3.63, 3.8) is 0 Å². The summed E-state index contributed by atoms with van der Waals surface area (Å²) in [6.45, 7) is 1.60. The lowest BCUT2D eigenvalue weighted by Gasteiger charge is -2.28. The van der Waals surface area contributed by atoms with Gasteiger partial charge in [-0.1, -0.05) is 6.08 Å². The highest BCUT2D eigenvalue weighted by Crippen LogP contribution is 2.44. The molecule has 2 aliphatic heterocycles. The predicted molar refractivity (Wildman–Crippen MR) is 133 cm³/mol. The Balaban J connectivity index is 1.44. The molecule has 0 saturated heterocycles. The summed E-state index contributed by atoms with van der Waals surface area (Å²) in [5, 5.41) is 19.3. The quantitative estimate of drug-likeness (QED) is 0.484. The monoisotopic (exact) mass is 497 g/mol. The summed E-state index contributed by atoms with van der Waals surface area (Å²) in [6.07, 6.45) is 2.96. The third-order valence-electron chi connectivity index (χ3n) is 7.01. The maximum absolute atomic E-state index is 15.1. The lowest BCUT2D eigenvalue weighted by atomic mass is 9.97. The Labute approximate surface area is 207 Å². The van der Waals surface area contributed by atoms with Crippen molar-refractivity contribution in [2.45, 2.75) is 19.1 Å². The van der Waals surface area contributed by atoms with E-state index in [-0.39, 0.29) is 19.0 Å². The second-order valence-electron chi connectivity index (χ2n) is 9.53. The van der Waals surface area contributed by atoms with E-state index in [9.17, 15) is 14.3 Å². The number of carbonyl (C=O) groups is 1. The van der Waals surface area contributed by atoms with Gasteiger partial charge in [0.1, 0.15) is 17.3 Å². The molecule has 3 aromatic rings. The Hall–Kier alpha value is -3.34. The van der Waals surface area contributed by atoms with Crippen LogP contribution in [0.2, 0.25) is 0 Å². The third-order valence-corrected chi connectivity index (χ3v) is 7.01. The van der Waals surface area contributed by atoms with E-state index >= 15 is 4.39 Å². The minimum absolute atomic E-state index is 0.0778. The van der Waals surface area contributed by atoms with E-state index in [1.165, 1.54) is 23.2 Å². The number of H-pyrrole nitrogens is 1. The van der Waals surface area contributed by atoms with Crippen molar-refractivity contribution in [1.29, 1.82) is 0 Å². The lowest BCUT2D eigenvalue weighted by molar-refractivity contribution is -0.132. The SMILES string of the molecule is CN(CC(O)CO)C(=O)CN1CC=C(c2[nH]c3ncc(F)c4c3c2CN(C)c2ccc(F)cc2-4)CC1. The Kier molecular flexibility index (Phi) is 6.50. The van der Waals surface area contributed by atoms with Crippen LogP contribution in [0.5, 0.6) is 0 Å². The van der Waals surface area contributed by atoms with Gasteiger partial charge in [-0.2, -0.15) is 0 Å². The van der Waals surface area contributed by atoms with Crippen LogP contribution in [-0.4, -0.2) is 88.9 Å². The Morgan fingerprint density at radius 3 is 2.86 bits per heavy atom. The molecule has 2 aromatic heterocycles. The fourth-order valence-electron chi connectivity index (χ4n) is 5.12. The zero-order chi connectivity index (χ0) is 25.6. The fraction of sp³-hybridized carbons (Fsp3) is 0.385. The highest BCUT2D eigenvalue weighted by molar-refractivity contribution is 6.03. The molecule has 10 heteroatoms. The first kappa shape index (κ1) is 24.4. The van der Waals surface area contributed by atoms with Gasteiger partial charge in [0.2, 0.25) is 5.91 Å². The summed E-state index contributed by atoms with van der Waals surface area (Å²) in [7, 11) is 3.51. The number of benzene rings is 1. The molecule has 3 N–H and O–H groups in total. The average molecular weight is 498 g/mol. The van der Waals surface area contributed by atoms with Gasteiger partial charge in [-0.25, -0.2) is 13.8 Å². The largest absolute Gasteiger partial charge is 0.394 e. The minimum Gasteiger partial charge on any atom is -0.394 e. The number of halogens is 2. The van der Waals surface area contributed by atoms with Gasteiger partial charge < -0.3 is 25.0 Å². The van der Waals surface area contributed by atoms with E-state index in [2.05, 4.69) is 16.0 Å². The van der Waals surface area contributed by atoms with Crippen molar-refractivity contribution < 1.29 is 23.8 Å². The van der Waals surface area contributed by atoms with Gasteiger partial charge >= 0.3 is 0 Å². The Morgan fingerprint density at radius 2 is 2.14 bits per heavy atom. The third kappa shape index (κ3) is 4.36. The highest BCUT2D eigenvalue weighted by atomic mass is 19.1. The van der Waals surface area contributed by atoms with Gasteiger partial charge in [0.15, 0.2) is 0 Å². The number of fused-ring (bicyclic) bond motifs is 2. The van der Waals surface area contributed by atoms with Crippen LogP contribution in [0, 0.1) is 11.6 Å². The summed E-state index contributed by atoms with van der Waals surface area (Å²) in [6, 6.07) is 4.43. The maximum atomic E-state index is 15.1. The van der Waals surface area contributed by atoms with Gasteiger partial charge in [-0.05, 0) is 30.2 Å². The van der Waals surface area contributed by atoms with Crippen LogP contribution in [0.4, 0.5) is 14.5 Å². The molecule has 0 saturated carbocycles. The number of aromatic amines is 1. The number of pyridine rings is 1. The summed E-state index contributed by atoms with van der Waals surface area (Å²) in [4.78, 5) is 25.6. The number of aromatic nitrogens is 2. The number of likely N-dealkylation sites (N-methyl/N-ethyl adjacent to an activating group) is 1. The zero-order valence-corrected chi connectivity index (χ0v) is 20.3. The lowest BCUT2D eigenvalue weighted by Crippen LogP contribution is -2.43. The molecular weight excluding hydrogens is 468 g/mol. The number of aliphatic hydroxyl groups excluding tert-OH is 2. The number of nitrogens with one attached hydrogen (secondary N) is 1. The van der Waals surface area contributed by atoms with Crippen molar-refractivity contribution in [2.24, 2.45) is 0 Å². The zero-order valence-electron chi connectivity index (χ0n) is 20.3. The molecule has 190 valence electrons. The van der Waals surface area contributed by atoms with Gasteiger partial charge in [-0.3, -0.25) is 9.69 Å². The topological polar surface area (TPSA) is 95.9 Å². The molecule has 36 heavy (non-hydrogen) atoms. The van der Waals surface area contributed by atoms with Crippen LogP contribution >= 0.6 is 0 Å². The number of carbonyl (C=O) groups excluding carboxylic acids is 1. The smallest absolute Gasteiger partial charge is 0.236 e. The number of anilines is 1.